The lowest BCUT2D eigenvalue weighted by atomic mass is 9.92. The molecule has 1 heterocycles. The Kier molecular flexibility index (Phi) is 7.97. The summed E-state index contributed by atoms with van der Waals surface area (Å²) in [6.45, 7) is 12.3. The van der Waals surface area contributed by atoms with Crippen LogP contribution in [0.3, 0.4) is 0 Å². The summed E-state index contributed by atoms with van der Waals surface area (Å²) < 4.78 is 0. The van der Waals surface area contributed by atoms with E-state index in [0.717, 1.165) is 38.3 Å². The number of phenolic OH excluding ortho intramolecular Hbond substituents is 1. The highest BCUT2D eigenvalue weighted by atomic mass is 16.3. The Balaban J connectivity index is 1.53. The highest BCUT2D eigenvalue weighted by Gasteiger charge is 2.23. The normalized spacial score (nSPS) is 16.4. The number of hydrogen-bond donors (Lipinski definition) is 2. The van der Waals surface area contributed by atoms with E-state index in [1.807, 2.05) is 17.0 Å². The van der Waals surface area contributed by atoms with Crippen molar-refractivity contribution in [1.82, 2.24) is 10.2 Å². The maximum absolute atomic E-state index is 12.8. The smallest absolute Gasteiger partial charge is 0.236 e. The van der Waals surface area contributed by atoms with Crippen LogP contribution in [0.15, 0.2) is 48.5 Å². The van der Waals surface area contributed by atoms with Crippen LogP contribution in [0.5, 0.6) is 5.75 Å². The number of carbonyl (C=O) groups excluding carboxylic acids is 1. The molecule has 1 saturated heterocycles. The summed E-state index contributed by atoms with van der Waals surface area (Å²) in [6, 6.07) is 16.3. The van der Waals surface area contributed by atoms with Crippen LogP contribution in [-0.4, -0.2) is 48.6 Å². The van der Waals surface area contributed by atoms with Gasteiger partial charge < -0.3 is 20.2 Å². The predicted octanol–water partition coefficient (Wildman–Crippen LogP) is 4.54. The number of hydrogen-bond acceptors (Lipinski definition) is 4. The molecule has 2 N–H and O–H groups in total. The van der Waals surface area contributed by atoms with Crippen molar-refractivity contribution in [1.29, 1.82) is 0 Å². The van der Waals surface area contributed by atoms with Gasteiger partial charge in [0.25, 0.3) is 0 Å². The average Bonchev–Trinajstić information content (AvgIpc) is 2.79. The lowest BCUT2D eigenvalue weighted by Gasteiger charge is -2.36. The van der Waals surface area contributed by atoms with Gasteiger partial charge in [-0.05, 0) is 53.6 Å². The minimum absolute atomic E-state index is 0.159. The van der Waals surface area contributed by atoms with Gasteiger partial charge in [-0.25, -0.2) is 0 Å². The number of anilines is 1. The molecular weight excluding hydrogens is 386 g/mol. The van der Waals surface area contributed by atoms with Crippen LogP contribution in [-0.2, 0) is 4.79 Å². The molecule has 0 bridgehead atoms. The third-order valence-electron chi connectivity index (χ3n) is 6.46. The molecule has 2 aromatic rings. The second kappa shape index (κ2) is 10.7. The minimum atomic E-state index is 0.159. The number of nitrogens with one attached hydrogen (secondary N) is 1. The molecule has 1 aliphatic rings. The first-order valence-corrected chi connectivity index (χ1v) is 11.5. The van der Waals surface area contributed by atoms with Crippen molar-refractivity contribution in [3.63, 3.8) is 0 Å². The highest BCUT2D eigenvalue weighted by Crippen LogP contribution is 2.25. The maximum Gasteiger partial charge on any atom is 0.236 e. The van der Waals surface area contributed by atoms with Gasteiger partial charge in [0.2, 0.25) is 5.91 Å². The summed E-state index contributed by atoms with van der Waals surface area (Å²) in [5.74, 6) is 1.40. The van der Waals surface area contributed by atoms with Crippen LogP contribution in [0.1, 0.15) is 57.2 Å². The molecule has 1 amide bonds. The van der Waals surface area contributed by atoms with Crippen LogP contribution >= 0.6 is 0 Å². The van der Waals surface area contributed by atoms with E-state index in [1.54, 1.807) is 12.1 Å². The fraction of sp³-hybridized carbons (Fsp3) is 0.500. The molecule has 5 heteroatoms. The number of phenols is 1. The van der Waals surface area contributed by atoms with Crippen LogP contribution in [0, 0.1) is 5.92 Å². The van der Waals surface area contributed by atoms with E-state index in [0.29, 0.717) is 18.4 Å². The maximum atomic E-state index is 12.8. The summed E-state index contributed by atoms with van der Waals surface area (Å²) in [7, 11) is 0. The Labute approximate surface area is 187 Å². The number of carbonyl (C=O) groups is 1. The Hall–Kier alpha value is -2.53. The summed E-state index contributed by atoms with van der Waals surface area (Å²) in [5, 5.41) is 13.0. The molecule has 1 fully saturated rings. The average molecular weight is 424 g/mol. The summed E-state index contributed by atoms with van der Waals surface area (Å²) in [5.41, 5.74) is 3.70. The van der Waals surface area contributed by atoms with Crippen molar-refractivity contribution in [2.75, 3.05) is 37.6 Å². The van der Waals surface area contributed by atoms with E-state index in [9.17, 15) is 9.90 Å². The standard InChI is InChI=1S/C26H37N3O2/c1-5-20(4)21-6-8-22(9-7-21)26(19(2)3)27-18-25(31)29-16-14-28(15-17-29)23-10-12-24(30)13-11-23/h6-13,19-20,26-27,30H,5,14-18H2,1-4H3/t20-,26-/m0/s1. The van der Waals surface area contributed by atoms with Gasteiger partial charge in [0.15, 0.2) is 0 Å². The number of benzene rings is 2. The third-order valence-corrected chi connectivity index (χ3v) is 6.46. The van der Waals surface area contributed by atoms with Gasteiger partial charge in [0.05, 0.1) is 6.54 Å². The molecule has 168 valence electrons. The molecule has 0 radical (unpaired) electrons. The molecule has 2 atom stereocenters. The van der Waals surface area contributed by atoms with E-state index in [-0.39, 0.29) is 17.7 Å². The molecule has 0 unspecified atom stereocenters. The molecule has 0 spiro atoms. The molecule has 0 saturated carbocycles. The fourth-order valence-corrected chi connectivity index (χ4v) is 4.19. The number of amides is 1. The Morgan fingerprint density at radius 2 is 1.52 bits per heavy atom. The zero-order chi connectivity index (χ0) is 22.4. The van der Waals surface area contributed by atoms with Crippen LogP contribution in [0.25, 0.3) is 0 Å². The van der Waals surface area contributed by atoms with Gasteiger partial charge in [-0.2, -0.15) is 0 Å². The van der Waals surface area contributed by atoms with Gasteiger partial charge >= 0.3 is 0 Å². The van der Waals surface area contributed by atoms with E-state index < -0.39 is 0 Å². The highest BCUT2D eigenvalue weighted by molar-refractivity contribution is 5.78. The zero-order valence-electron chi connectivity index (χ0n) is 19.3. The molecule has 3 rings (SSSR count). The number of rotatable bonds is 8. The number of piperazine rings is 1. The van der Waals surface area contributed by atoms with Crippen molar-refractivity contribution >= 4 is 11.6 Å². The number of nitrogens with zero attached hydrogens (tertiary/aromatic N) is 2. The summed E-state index contributed by atoms with van der Waals surface area (Å²) >= 11 is 0. The van der Waals surface area contributed by atoms with E-state index in [2.05, 4.69) is 62.2 Å². The molecular formula is C26H37N3O2. The van der Waals surface area contributed by atoms with Gasteiger partial charge in [-0.3, -0.25) is 4.79 Å². The predicted molar refractivity (Wildman–Crippen MR) is 128 cm³/mol. The molecule has 0 aromatic heterocycles. The van der Waals surface area contributed by atoms with Crippen molar-refractivity contribution < 1.29 is 9.90 Å². The van der Waals surface area contributed by atoms with Crippen molar-refractivity contribution in [2.45, 2.75) is 46.1 Å². The molecule has 1 aliphatic heterocycles. The zero-order valence-corrected chi connectivity index (χ0v) is 19.3. The van der Waals surface area contributed by atoms with Gasteiger partial charge in [0, 0.05) is 37.9 Å². The van der Waals surface area contributed by atoms with E-state index in [1.165, 1.54) is 11.1 Å². The van der Waals surface area contributed by atoms with E-state index in [4.69, 9.17) is 0 Å². The topological polar surface area (TPSA) is 55.8 Å². The second-order valence-corrected chi connectivity index (χ2v) is 8.96. The van der Waals surface area contributed by atoms with Gasteiger partial charge in [-0.1, -0.05) is 52.0 Å². The monoisotopic (exact) mass is 423 g/mol. The Morgan fingerprint density at radius 3 is 2.06 bits per heavy atom. The Bertz CT molecular complexity index is 825. The van der Waals surface area contributed by atoms with Gasteiger partial charge in [0.1, 0.15) is 5.75 Å². The molecule has 0 aliphatic carbocycles. The van der Waals surface area contributed by atoms with E-state index >= 15 is 0 Å². The third kappa shape index (κ3) is 6.01. The molecule has 2 aromatic carbocycles. The van der Waals surface area contributed by atoms with Crippen LogP contribution < -0.4 is 10.2 Å². The fourth-order valence-electron chi connectivity index (χ4n) is 4.19. The first-order valence-electron chi connectivity index (χ1n) is 11.5. The van der Waals surface area contributed by atoms with Crippen molar-refractivity contribution in [3.05, 3.63) is 59.7 Å². The number of aromatic hydroxyl groups is 1. The SMILES string of the molecule is CC[C@H](C)c1ccc([C@@H](NCC(=O)N2CCN(c3ccc(O)cc3)CC2)C(C)C)cc1. The van der Waals surface area contributed by atoms with Crippen LogP contribution in [0.2, 0.25) is 0 Å². The minimum Gasteiger partial charge on any atom is -0.508 e. The first kappa shape index (κ1) is 23.1. The molecule has 31 heavy (non-hydrogen) atoms. The van der Waals surface area contributed by atoms with Gasteiger partial charge in [-0.15, -0.1) is 0 Å². The van der Waals surface area contributed by atoms with Crippen LogP contribution in [0.4, 0.5) is 5.69 Å². The largest absolute Gasteiger partial charge is 0.508 e. The lowest BCUT2D eigenvalue weighted by Crippen LogP contribution is -2.51. The lowest BCUT2D eigenvalue weighted by molar-refractivity contribution is -0.130. The Morgan fingerprint density at radius 1 is 0.935 bits per heavy atom. The second-order valence-electron chi connectivity index (χ2n) is 8.96. The summed E-state index contributed by atoms with van der Waals surface area (Å²) in [6.07, 6.45) is 1.14. The molecule has 5 nitrogen and oxygen atoms in total. The van der Waals surface area contributed by atoms with Crippen molar-refractivity contribution in [3.8, 4) is 5.75 Å². The quantitative estimate of drug-likeness (QED) is 0.654. The first-order chi connectivity index (χ1) is 14.9. The van der Waals surface area contributed by atoms with Crippen molar-refractivity contribution in [2.24, 2.45) is 5.92 Å². The summed E-state index contributed by atoms with van der Waals surface area (Å²) in [4.78, 5) is 17.0.